The summed E-state index contributed by atoms with van der Waals surface area (Å²) in [5.41, 5.74) is 6.72. The van der Waals surface area contributed by atoms with Gasteiger partial charge in [-0.05, 0) is 30.9 Å². The third-order valence-electron chi connectivity index (χ3n) is 3.54. The molecule has 1 aromatic rings. The molecule has 1 aliphatic rings. The average molecular weight is 267 g/mol. The normalized spacial score (nSPS) is 19.2. The molecule has 2 rings (SSSR count). The van der Waals surface area contributed by atoms with Crippen LogP contribution in [0, 0.1) is 0 Å². The fourth-order valence-corrected chi connectivity index (χ4v) is 2.73. The maximum atomic E-state index is 12.1. The summed E-state index contributed by atoms with van der Waals surface area (Å²) >= 11 is 6.08. The van der Waals surface area contributed by atoms with Crippen LogP contribution in [0.4, 0.5) is 0 Å². The molecule has 1 aromatic carbocycles. The minimum atomic E-state index is 0.197. The number of carbonyl (C=O) groups excluding carboxylic acids is 1. The van der Waals surface area contributed by atoms with Gasteiger partial charge in [0.1, 0.15) is 0 Å². The highest BCUT2D eigenvalue weighted by Gasteiger charge is 2.26. The van der Waals surface area contributed by atoms with Crippen molar-refractivity contribution in [2.45, 2.75) is 31.7 Å². The summed E-state index contributed by atoms with van der Waals surface area (Å²) in [5, 5.41) is 0.738. The summed E-state index contributed by atoms with van der Waals surface area (Å²) in [4.78, 5) is 14.1. The molecule has 0 bridgehead atoms. The van der Waals surface area contributed by atoms with E-state index in [1.165, 1.54) is 0 Å². The third-order valence-corrected chi connectivity index (χ3v) is 3.90. The van der Waals surface area contributed by atoms with Crippen molar-refractivity contribution < 1.29 is 4.79 Å². The molecule has 0 unspecified atom stereocenters. The molecule has 4 heteroatoms. The van der Waals surface area contributed by atoms with Gasteiger partial charge in [-0.25, -0.2) is 0 Å². The second-order valence-electron chi connectivity index (χ2n) is 4.71. The Hall–Kier alpha value is -1.06. The van der Waals surface area contributed by atoms with Crippen molar-refractivity contribution in [2.75, 3.05) is 13.1 Å². The smallest absolute Gasteiger partial charge is 0.223 e. The van der Waals surface area contributed by atoms with E-state index in [-0.39, 0.29) is 11.9 Å². The van der Waals surface area contributed by atoms with Crippen LogP contribution in [-0.2, 0) is 11.2 Å². The Morgan fingerprint density at radius 2 is 2.22 bits per heavy atom. The highest BCUT2D eigenvalue weighted by molar-refractivity contribution is 6.31. The lowest BCUT2D eigenvalue weighted by Gasteiger charge is -2.23. The van der Waals surface area contributed by atoms with Crippen molar-refractivity contribution in [3.05, 3.63) is 34.9 Å². The molecule has 1 saturated heterocycles. The van der Waals surface area contributed by atoms with Crippen LogP contribution in [0.5, 0.6) is 0 Å². The number of hydrogen-bond donors (Lipinski definition) is 1. The molecule has 1 heterocycles. The van der Waals surface area contributed by atoms with E-state index in [9.17, 15) is 4.79 Å². The van der Waals surface area contributed by atoms with Gasteiger partial charge in [0.15, 0.2) is 0 Å². The molecule has 2 N–H and O–H groups in total. The van der Waals surface area contributed by atoms with Crippen LogP contribution in [0.15, 0.2) is 24.3 Å². The maximum absolute atomic E-state index is 12.1. The van der Waals surface area contributed by atoms with Gasteiger partial charge in [-0.1, -0.05) is 29.8 Å². The SMILES string of the molecule is NC[C@@H]1CCCN1C(=O)CCc1ccccc1Cl. The zero-order valence-corrected chi connectivity index (χ0v) is 11.2. The van der Waals surface area contributed by atoms with Crippen LogP contribution >= 0.6 is 11.6 Å². The first-order chi connectivity index (χ1) is 8.72. The molecule has 0 aliphatic carbocycles. The molecule has 18 heavy (non-hydrogen) atoms. The highest BCUT2D eigenvalue weighted by atomic mass is 35.5. The van der Waals surface area contributed by atoms with Gasteiger partial charge in [-0.15, -0.1) is 0 Å². The van der Waals surface area contributed by atoms with Crippen molar-refractivity contribution >= 4 is 17.5 Å². The van der Waals surface area contributed by atoms with Crippen LogP contribution in [0.2, 0.25) is 5.02 Å². The number of nitrogens with two attached hydrogens (primary N) is 1. The van der Waals surface area contributed by atoms with E-state index in [4.69, 9.17) is 17.3 Å². The summed E-state index contributed by atoms with van der Waals surface area (Å²) in [6.45, 7) is 1.42. The molecule has 0 spiro atoms. The summed E-state index contributed by atoms with van der Waals surface area (Å²) < 4.78 is 0. The molecule has 1 amide bonds. The Labute approximate surface area is 113 Å². The Morgan fingerprint density at radius 3 is 2.94 bits per heavy atom. The quantitative estimate of drug-likeness (QED) is 0.908. The molecule has 0 radical (unpaired) electrons. The largest absolute Gasteiger partial charge is 0.338 e. The minimum Gasteiger partial charge on any atom is -0.338 e. The average Bonchev–Trinajstić information content (AvgIpc) is 2.86. The van der Waals surface area contributed by atoms with Gasteiger partial charge in [0.25, 0.3) is 0 Å². The number of hydrogen-bond acceptors (Lipinski definition) is 2. The zero-order chi connectivity index (χ0) is 13.0. The Bertz CT molecular complexity index is 422. The monoisotopic (exact) mass is 266 g/mol. The van der Waals surface area contributed by atoms with Crippen LogP contribution in [0.1, 0.15) is 24.8 Å². The van der Waals surface area contributed by atoms with Crippen molar-refractivity contribution in [3.63, 3.8) is 0 Å². The fourth-order valence-electron chi connectivity index (χ4n) is 2.50. The Kier molecular flexibility index (Phi) is 4.61. The number of carbonyl (C=O) groups is 1. The van der Waals surface area contributed by atoms with E-state index in [1.807, 2.05) is 29.2 Å². The van der Waals surface area contributed by atoms with Crippen LogP contribution < -0.4 is 5.73 Å². The highest BCUT2D eigenvalue weighted by Crippen LogP contribution is 2.20. The van der Waals surface area contributed by atoms with Gasteiger partial charge in [0.2, 0.25) is 5.91 Å². The van der Waals surface area contributed by atoms with Crippen molar-refractivity contribution in [1.29, 1.82) is 0 Å². The van der Waals surface area contributed by atoms with Gasteiger partial charge in [0, 0.05) is 30.6 Å². The number of likely N-dealkylation sites (tertiary alicyclic amines) is 1. The first kappa shape index (κ1) is 13.4. The van der Waals surface area contributed by atoms with E-state index in [1.54, 1.807) is 0 Å². The second-order valence-corrected chi connectivity index (χ2v) is 5.12. The van der Waals surface area contributed by atoms with Gasteiger partial charge in [0.05, 0.1) is 0 Å². The van der Waals surface area contributed by atoms with Crippen LogP contribution in [-0.4, -0.2) is 29.9 Å². The topological polar surface area (TPSA) is 46.3 Å². The van der Waals surface area contributed by atoms with E-state index < -0.39 is 0 Å². The third kappa shape index (κ3) is 3.03. The van der Waals surface area contributed by atoms with Gasteiger partial charge >= 0.3 is 0 Å². The lowest BCUT2D eigenvalue weighted by molar-refractivity contribution is -0.131. The van der Waals surface area contributed by atoms with Gasteiger partial charge < -0.3 is 10.6 Å². The van der Waals surface area contributed by atoms with Crippen molar-refractivity contribution in [2.24, 2.45) is 5.73 Å². The lowest BCUT2D eigenvalue weighted by Crippen LogP contribution is -2.40. The second kappa shape index (κ2) is 6.21. The van der Waals surface area contributed by atoms with E-state index >= 15 is 0 Å². The van der Waals surface area contributed by atoms with Crippen LogP contribution in [0.25, 0.3) is 0 Å². The summed E-state index contributed by atoms with van der Waals surface area (Å²) in [6, 6.07) is 7.92. The summed E-state index contributed by atoms with van der Waals surface area (Å²) in [7, 11) is 0. The summed E-state index contributed by atoms with van der Waals surface area (Å²) in [5.74, 6) is 0.197. The molecule has 98 valence electrons. The standard InChI is InChI=1S/C14H19ClN2O/c15-13-6-2-1-4-11(13)7-8-14(18)17-9-3-5-12(17)10-16/h1-2,4,6,12H,3,5,7-10,16H2/t12-/m0/s1. The maximum Gasteiger partial charge on any atom is 0.223 e. The molecular weight excluding hydrogens is 248 g/mol. The van der Waals surface area contributed by atoms with E-state index in [0.717, 1.165) is 30.0 Å². The Balaban J connectivity index is 1.90. The number of halogens is 1. The minimum absolute atomic E-state index is 0.197. The predicted octanol–water partition coefficient (Wildman–Crippen LogP) is 2.22. The van der Waals surface area contributed by atoms with Gasteiger partial charge in [-0.3, -0.25) is 4.79 Å². The van der Waals surface area contributed by atoms with Gasteiger partial charge in [-0.2, -0.15) is 0 Å². The van der Waals surface area contributed by atoms with E-state index in [0.29, 0.717) is 19.4 Å². The van der Waals surface area contributed by atoms with E-state index in [2.05, 4.69) is 0 Å². The zero-order valence-electron chi connectivity index (χ0n) is 10.4. The van der Waals surface area contributed by atoms with Crippen molar-refractivity contribution in [1.82, 2.24) is 4.90 Å². The molecule has 1 fully saturated rings. The van der Waals surface area contributed by atoms with Crippen LogP contribution in [0.3, 0.4) is 0 Å². The first-order valence-corrected chi connectivity index (χ1v) is 6.83. The number of benzene rings is 1. The molecule has 0 saturated carbocycles. The number of rotatable bonds is 4. The first-order valence-electron chi connectivity index (χ1n) is 6.45. The molecule has 3 nitrogen and oxygen atoms in total. The molecular formula is C14H19ClN2O. The van der Waals surface area contributed by atoms with Crippen molar-refractivity contribution in [3.8, 4) is 0 Å². The number of amides is 1. The fraction of sp³-hybridized carbons (Fsp3) is 0.500. The Morgan fingerprint density at radius 1 is 1.44 bits per heavy atom. The summed E-state index contributed by atoms with van der Waals surface area (Å²) in [6.07, 6.45) is 3.32. The number of nitrogens with zero attached hydrogens (tertiary/aromatic N) is 1. The lowest BCUT2D eigenvalue weighted by atomic mass is 10.1. The molecule has 1 aliphatic heterocycles. The molecule has 0 aromatic heterocycles. The number of aryl methyl sites for hydroxylation is 1. The predicted molar refractivity (Wildman–Crippen MR) is 73.6 cm³/mol. The molecule has 1 atom stereocenters.